The molecule has 0 saturated heterocycles. The van der Waals surface area contributed by atoms with Crippen molar-refractivity contribution in [2.75, 3.05) is 17.8 Å². The Morgan fingerprint density at radius 3 is 2.06 bits per heavy atom. The summed E-state index contributed by atoms with van der Waals surface area (Å²) in [6.45, 7) is 2.47. The molecule has 0 saturated carbocycles. The first-order valence-electron chi connectivity index (χ1n) is 10.3. The van der Waals surface area contributed by atoms with Crippen molar-refractivity contribution in [2.45, 2.75) is 18.2 Å². The summed E-state index contributed by atoms with van der Waals surface area (Å²) in [5.41, 5.74) is 1.92. The Morgan fingerprint density at radius 1 is 0.818 bits per heavy atom. The number of rotatable bonds is 9. The minimum atomic E-state index is -3.85. The van der Waals surface area contributed by atoms with Crippen LogP contribution in [0, 0.1) is 6.92 Å². The molecule has 172 valence electrons. The van der Waals surface area contributed by atoms with Gasteiger partial charge in [0.15, 0.2) is 0 Å². The monoisotopic (exact) mass is 467 g/mol. The molecule has 0 unspecified atom stereocenters. The summed E-state index contributed by atoms with van der Waals surface area (Å²) < 4.78 is 27.9. The van der Waals surface area contributed by atoms with Crippen LogP contribution in [-0.2, 0) is 10.0 Å². The molecule has 0 bridgehead atoms. The van der Waals surface area contributed by atoms with Gasteiger partial charge in [0.05, 0.1) is 4.90 Å². The fraction of sp³-hybridized carbons (Fsp3) is 0.167. The van der Waals surface area contributed by atoms with Gasteiger partial charge in [-0.3, -0.25) is 14.3 Å². The van der Waals surface area contributed by atoms with Crippen molar-refractivity contribution < 1.29 is 23.1 Å². The molecule has 3 aromatic carbocycles. The van der Waals surface area contributed by atoms with Crippen LogP contribution in [0.15, 0.2) is 77.7 Å². The van der Waals surface area contributed by atoms with E-state index >= 15 is 0 Å². The summed E-state index contributed by atoms with van der Waals surface area (Å²) in [7, 11) is -3.85. The molecule has 4 N–H and O–H groups in total. The standard InChI is InChI=1S/C24H25N3O5S/c1-17-6-2-9-20(14-17)27-33(31,32)22-11-4-8-19(16-22)24(30)26-13-5-12-25-23(29)18-7-3-10-21(28)15-18/h2-4,6-11,14-16,27-28H,5,12-13H2,1H3,(H,25,29)(H,26,30). The average molecular weight is 468 g/mol. The highest BCUT2D eigenvalue weighted by Crippen LogP contribution is 2.18. The molecule has 8 nitrogen and oxygen atoms in total. The zero-order chi connectivity index (χ0) is 23.8. The summed E-state index contributed by atoms with van der Waals surface area (Å²) in [6, 6.07) is 18.8. The van der Waals surface area contributed by atoms with E-state index in [1.165, 1.54) is 36.4 Å². The van der Waals surface area contributed by atoms with Crippen LogP contribution in [0.2, 0.25) is 0 Å². The Bertz CT molecular complexity index is 1260. The molecular formula is C24H25N3O5S. The maximum absolute atomic E-state index is 12.7. The van der Waals surface area contributed by atoms with Gasteiger partial charge in [0, 0.05) is 29.9 Å². The Labute approximate surface area is 192 Å². The topological polar surface area (TPSA) is 125 Å². The Hall–Kier alpha value is -3.85. The van der Waals surface area contributed by atoms with Gasteiger partial charge in [-0.2, -0.15) is 0 Å². The molecule has 0 aliphatic rings. The SMILES string of the molecule is Cc1cccc(NS(=O)(=O)c2cccc(C(=O)NCCCNC(=O)c3cccc(O)c3)c2)c1. The Balaban J connectivity index is 1.51. The number of phenols is 1. The summed E-state index contributed by atoms with van der Waals surface area (Å²) >= 11 is 0. The smallest absolute Gasteiger partial charge is 0.261 e. The molecule has 0 atom stereocenters. The lowest BCUT2D eigenvalue weighted by molar-refractivity contribution is 0.0951. The van der Waals surface area contributed by atoms with E-state index in [9.17, 15) is 23.1 Å². The highest BCUT2D eigenvalue weighted by atomic mass is 32.2. The first kappa shape index (κ1) is 23.8. The number of hydrogen-bond acceptors (Lipinski definition) is 5. The van der Waals surface area contributed by atoms with Crippen molar-refractivity contribution in [1.29, 1.82) is 0 Å². The molecule has 3 rings (SSSR count). The van der Waals surface area contributed by atoms with E-state index in [2.05, 4.69) is 15.4 Å². The highest BCUT2D eigenvalue weighted by Gasteiger charge is 2.16. The predicted molar refractivity (Wildman–Crippen MR) is 126 cm³/mol. The number of anilines is 1. The summed E-state index contributed by atoms with van der Waals surface area (Å²) in [4.78, 5) is 24.4. The third-order valence-electron chi connectivity index (χ3n) is 4.71. The van der Waals surface area contributed by atoms with Crippen molar-refractivity contribution in [3.05, 3.63) is 89.5 Å². The molecule has 0 fully saturated rings. The molecular weight excluding hydrogens is 442 g/mol. The summed E-state index contributed by atoms with van der Waals surface area (Å²) in [6.07, 6.45) is 0.475. The van der Waals surface area contributed by atoms with Crippen molar-refractivity contribution in [1.82, 2.24) is 10.6 Å². The maximum atomic E-state index is 12.7. The number of amides is 2. The largest absolute Gasteiger partial charge is 0.508 e. The molecule has 33 heavy (non-hydrogen) atoms. The Morgan fingerprint density at radius 2 is 1.42 bits per heavy atom. The molecule has 0 aromatic heterocycles. The van der Waals surface area contributed by atoms with Crippen molar-refractivity contribution >= 4 is 27.5 Å². The van der Waals surface area contributed by atoms with Gasteiger partial charge < -0.3 is 15.7 Å². The van der Waals surface area contributed by atoms with Crippen molar-refractivity contribution in [2.24, 2.45) is 0 Å². The quantitative estimate of drug-likeness (QED) is 0.360. The lowest BCUT2D eigenvalue weighted by Gasteiger charge is -2.10. The average Bonchev–Trinajstić information content (AvgIpc) is 2.78. The second-order valence-electron chi connectivity index (χ2n) is 7.42. The fourth-order valence-electron chi connectivity index (χ4n) is 3.07. The summed E-state index contributed by atoms with van der Waals surface area (Å²) in [5.74, 6) is -0.730. The molecule has 0 aliphatic carbocycles. The number of nitrogens with one attached hydrogen (secondary N) is 3. The minimum absolute atomic E-state index is 0.00763. The molecule has 3 aromatic rings. The zero-order valence-corrected chi connectivity index (χ0v) is 18.9. The number of aryl methyl sites for hydroxylation is 1. The number of benzene rings is 3. The van der Waals surface area contributed by atoms with E-state index in [1.54, 1.807) is 30.3 Å². The van der Waals surface area contributed by atoms with Crippen LogP contribution < -0.4 is 15.4 Å². The predicted octanol–water partition coefficient (Wildman–Crippen LogP) is 3.05. The van der Waals surface area contributed by atoms with Gasteiger partial charge in [0.25, 0.3) is 21.8 Å². The lowest BCUT2D eigenvalue weighted by atomic mass is 10.2. The van der Waals surface area contributed by atoms with E-state index in [4.69, 9.17) is 0 Å². The van der Waals surface area contributed by atoms with Crippen LogP contribution >= 0.6 is 0 Å². The van der Waals surface area contributed by atoms with E-state index in [-0.39, 0.29) is 28.7 Å². The van der Waals surface area contributed by atoms with Crippen LogP contribution in [0.5, 0.6) is 5.75 Å². The lowest BCUT2D eigenvalue weighted by Crippen LogP contribution is -2.30. The van der Waals surface area contributed by atoms with Gasteiger partial charge in [-0.15, -0.1) is 0 Å². The molecule has 0 radical (unpaired) electrons. The molecule has 0 aliphatic heterocycles. The van der Waals surface area contributed by atoms with Crippen LogP contribution in [0.1, 0.15) is 32.7 Å². The maximum Gasteiger partial charge on any atom is 0.261 e. The van der Waals surface area contributed by atoms with E-state index < -0.39 is 15.9 Å². The fourth-order valence-corrected chi connectivity index (χ4v) is 4.17. The number of sulfonamides is 1. The third kappa shape index (κ3) is 6.81. The third-order valence-corrected chi connectivity index (χ3v) is 6.09. The number of hydrogen-bond donors (Lipinski definition) is 4. The first-order valence-corrected chi connectivity index (χ1v) is 11.8. The molecule has 0 spiro atoms. The molecule has 0 heterocycles. The van der Waals surface area contributed by atoms with Gasteiger partial charge in [-0.05, 0) is 67.4 Å². The Kier molecular flexibility index (Phi) is 7.68. The number of carbonyl (C=O) groups excluding carboxylic acids is 2. The van der Waals surface area contributed by atoms with Gasteiger partial charge in [0.2, 0.25) is 0 Å². The highest BCUT2D eigenvalue weighted by molar-refractivity contribution is 7.92. The normalized spacial score (nSPS) is 10.9. The van der Waals surface area contributed by atoms with E-state index in [1.807, 2.05) is 13.0 Å². The van der Waals surface area contributed by atoms with Gasteiger partial charge >= 0.3 is 0 Å². The van der Waals surface area contributed by atoms with Crippen LogP contribution in [-0.4, -0.2) is 38.4 Å². The zero-order valence-electron chi connectivity index (χ0n) is 18.0. The van der Waals surface area contributed by atoms with E-state index in [0.29, 0.717) is 24.2 Å². The number of carbonyl (C=O) groups is 2. The second-order valence-corrected chi connectivity index (χ2v) is 9.10. The van der Waals surface area contributed by atoms with Gasteiger partial charge in [0.1, 0.15) is 5.75 Å². The minimum Gasteiger partial charge on any atom is -0.508 e. The first-order chi connectivity index (χ1) is 15.7. The van der Waals surface area contributed by atoms with Crippen molar-refractivity contribution in [3.63, 3.8) is 0 Å². The number of phenolic OH excluding ortho intramolecular Hbond substituents is 1. The van der Waals surface area contributed by atoms with Gasteiger partial charge in [-0.25, -0.2) is 8.42 Å². The van der Waals surface area contributed by atoms with Crippen molar-refractivity contribution in [3.8, 4) is 5.75 Å². The van der Waals surface area contributed by atoms with Crippen LogP contribution in [0.4, 0.5) is 5.69 Å². The molecule has 9 heteroatoms. The van der Waals surface area contributed by atoms with E-state index in [0.717, 1.165) is 5.56 Å². The second kappa shape index (κ2) is 10.6. The molecule has 2 amide bonds. The van der Waals surface area contributed by atoms with Crippen LogP contribution in [0.3, 0.4) is 0 Å². The van der Waals surface area contributed by atoms with Gasteiger partial charge in [-0.1, -0.05) is 24.3 Å². The summed E-state index contributed by atoms with van der Waals surface area (Å²) in [5, 5.41) is 14.8. The van der Waals surface area contributed by atoms with Crippen LogP contribution in [0.25, 0.3) is 0 Å². The number of aromatic hydroxyl groups is 1.